The van der Waals surface area contributed by atoms with Gasteiger partial charge >= 0.3 is 11.9 Å². The summed E-state index contributed by atoms with van der Waals surface area (Å²) >= 11 is 13.6. The molecule has 1 aliphatic heterocycles. The van der Waals surface area contributed by atoms with Crippen molar-refractivity contribution in [1.29, 1.82) is 0 Å². The Morgan fingerprint density at radius 1 is 0.950 bits per heavy atom. The molecule has 0 radical (unpaired) electrons. The van der Waals surface area contributed by atoms with Crippen LogP contribution in [0.4, 0.5) is 0 Å². The van der Waals surface area contributed by atoms with Crippen LogP contribution in [0, 0.1) is 11.8 Å². The molecule has 5 heteroatoms. The monoisotopic (exact) mass is 312 g/mol. The zero-order valence-electron chi connectivity index (χ0n) is 10.8. The second-order valence-electron chi connectivity index (χ2n) is 6.13. The summed E-state index contributed by atoms with van der Waals surface area (Å²) in [5, 5.41) is 0. The third-order valence-corrected chi connectivity index (χ3v) is 6.24. The molecule has 0 aromatic carbocycles. The lowest BCUT2D eigenvalue weighted by molar-refractivity contribution is -0.153. The van der Waals surface area contributed by atoms with E-state index in [-0.39, 0.29) is 0 Å². The Bertz CT molecular complexity index is 566. The lowest BCUT2D eigenvalue weighted by atomic mass is 9.57. The van der Waals surface area contributed by atoms with Crippen molar-refractivity contribution < 1.29 is 14.3 Å². The minimum absolute atomic E-state index is 0.517. The van der Waals surface area contributed by atoms with Gasteiger partial charge in [-0.05, 0) is 36.8 Å². The molecule has 5 aliphatic rings. The molecule has 2 fully saturated rings. The Kier molecular flexibility index (Phi) is 2.51. The summed E-state index contributed by atoms with van der Waals surface area (Å²) in [4.78, 5) is 22.3. The van der Waals surface area contributed by atoms with Gasteiger partial charge in [0.15, 0.2) is 0 Å². The quantitative estimate of drug-likeness (QED) is 0.299. The van der Waals surface area contributed by atoms with E-state index in [9.17, 15) is 9.59 Å². The highest BCUT2D eigenvalue weighted by atomic mass is 35.5. The number of carbonyl (C=O) groups is 2. The third-order valence-electron chi connectivity index (χ3n) is 5.07. The smallest absolute Gasteiger partial charge is 0.320 e. The molecular formula is C15H14Cl2O3. The summed E-state index contributed by atoms with van der Waals surface area (Å²) in [5.74, 6) is -2.40. The summed E-state index contributed by atoms with van der Waals surface area (Å²) in [6, 6.07) is 0. The largest absolute Gasteiger partial charge is 0.393 e. The lowest BCUT2D eigenvalue weighted by Crippen LogP contribution is -2.57. The van der Waals surface area contributed by atoms with Crippen molar-refractivity contribution in [3.05, 3.63) is 23.3 Å². The van der Waals surface area contributed by atoms with Crippen LogP contribution in [0.15, 0.2) is 23.3 Å². The van der Waals surface area contributed by atoms with Gasteiger partial charge in [0, 0.05) is 0 Å². The Hall–Kier alpha value is -0.800. The first-order valence-corrected chi connectivity index (χ1v) is 7.80. The molecule has 0 aromatic rings. The molecule has 0 spiro atoms. The highest BCUT2D eigenvalue weighted by Gasteiger charge is 2.69. The second-order valence-corrected chi connectivity index (χ2v) is 7.39. The van der Waals surface area contributed by atoms with Gasteiger partial charge in [-0.3, -0.25) is 9.59 Å². The highest BCUT2D eigenvalue weighted by Crippen LogP contribution is 2.62. The molecule has 0 N–H and O–H groups in total. The summed E-state index contributed by atoms with van der Waals surface area (Å²) in [6.45, 7) is 0. The number of ether oxygens (including phenoxy) is 1. The molecule has 106 valence electrons. The maximum atomic E-state index is 12.1. The van der Waals surface area contributed by atoms with Crippen molar-refractivity contribution in [2.75, 3.05) is 0 Å². The Labute approximate surface area is 126 Å². The molecule has 3 nitrogen and oxygen atoms in total. The topological polar surface area (TPSA) is 43.4 Å². The summed E-state index contributed by atoms with van der Waals surface area (Å²) < 4.78 is 4.84. The molecular weight excluding hydrogens is 299 g/mol. The van der Waals surface area contributed by atoms with E-state index in [0.717, 1.165) is 43.3 Å². The first kappa shape index (κ1) is 12.9. The Morgan fingerprint density at radius 2 is 1.50 bits per heavy atom. The fourth-order valence-corrected chi connectivity index (χ4v) is 5.20. The zero-order chi connectivity index (χ0) is 14.1. The van der Waals surface area contributed by atoms with Crippen LogP contribution in [0.5, 0.6) is 0 Å². The lowest BCUT2D eigenvalue weighted by Gasteiger charge is -2.51. The number of hydrogen-bond acceptors (Lipinski definition) is 3. The molecule has 0 amide bonds. The molecule has 2 unspecified atom stereocenters. The molecule has 20 heavy (non-hydrogen) atoms. The normalized spacial score (nSPS) is 46.1. The average molecular weight is 313 g/mol. The van der Waals surface area contributed by atoms with Gasteiger partial charge in [0.25, 0.3) is 0 Å². The van der Waals surface area contributed by atoms with Gasteiger partial charge < -0.3 is 4.74 Å². The number of rotatable bonds is 0. The van der Waals surface area contributed by atoms with Crippen molar-refractivity contribution in [3.8, 4) is 0 Å². The van der Waals surface area contributed by atoms with Gasteiger partial charge in [-0.2, -0.15) is 0 Å². The first-order valence-electron chi connectivity index (χ1n) is 7.04. The van der Waals surface area contributed by atoms with Gasteiger partial charge in [0.2, 0.25) is 0 Å². The number of alkyl halides is 2. The van der Waals surface area contributed by atoms with Crippen molar-refractivity contribution >= 4 is 35.1 Å². The van der Waals surface area contributed by atoms with Crippen molar-refractivity contribution in [2.24, 2.45) is 11.8 Å². The van der Waals surface area contributed by atoms with E-state index in [1.807, 2.05) is 12.2 Å². The standard InChI is InChI=1S/C15H14Cl2O3/c16-14-6-8-4-2-1-3-5-9(7-14)15(8,17)11-10(14)12(18)20-13(11)19/h6-7,10-11H,1-5H2. The van der Waals surface area contributed by atoms with Crippen LogP contribution in [-0.2, 0) is 14.3 Å². The summed E-state index contributed by atoms with van der Waals surface area (Å²) in [7, 11) is 0. The van der Waals surface area contributed by atoms with E-state index in [1.54, 1.807) is 0 Å². The molecule has 5 rings (SSSR count). The fourth-order valence-electron chi connectivity index (χ4n) is 4.21. The molecule has 2 atom stereocenters. The van der Waals surface area contributed by atoms with Crippen LogP contribution in [0.1, 0.15) is 32.1 Å². The van der Waals surface area contributed by atoms with Crippen LogP contribution in [0.2, 0.25) is 0 Å². The predicted molar refractivity (Wildman–Crippen MR) is 74.5 cm³/mol. The SMILES string of the molecule is O=C1OC(=O)C2C1C1(Cl)C=C3CCCCCC(=C1)C32Cl. The van der Waals surface area contributed by atoms with E-state index in [2.05, 4.69) is 0 Å². The van der Waals surface area contributed by atoms with Crippen LogP contribution in [-0.4, -0.2) is 21.7 Å². The molecule has 4 aliphatic carbocycles. The minimum atomic E-state index is -0.938. The van der Waals surface area contributed by atoms with E-state index in [4.69, 9.17) is 27.9 Å². The van der Waals surface area contributed by atoms with Crippen LogP contribution in [0.3, 0.4) is 0 Å². The van der Waals surface area contributed by atoms with E-state index < -0.39 is 33.5 Å². The Balaban J connectivity index is 1.96. The average Bonchev–Trinajstić information content (AvgIpc) is 2.69. The second kappa shape index (κ2) is 3.89. The van der Waals surface area contributed by atoms with Crippen LogP contribution >= 0.6 is 23.2 Å². The number of esters is 2. The van der Waals surface area contributed by atoms with Gasteiger partial charge in [0.05, 0.1) is 16.7 Å². The first-order chi connectivity index (χ1) is 9.47. The molecule has 4 bridgehead atoms. The van der Waals surface area contributed by atoms with Gasteiger partial charge in [-0.15, -0.1) is 23.2 Å². The minimum Gasteiger partial charge on any atom is -0.393 e. The number of hydrogen-bond donors (Lipinski definition) is 0. The number of halogens is 2. The van der Waals surface area contributed by atoms with Crippen molar-refractivity contribution in [3.63, 3.8) is 0 Å². The summed E-state index contributed by atoms with van der Waals surface area (Å²) in [6.07, 6.45) is 8.70. The molecule has 1 saturated heterocycles. The van der Waals surface area contributed by atoms with Crippen LogP contribution < -0.4 is 0 Å². The van der Waals surface area contributed by atoms with E-state index in [0.29, 0.717) is 0 Å². The number of cyclic esters (lactones) is 2. The maximum Gasteiger partial charge on any atom is 0.320 e. The van der Waals surface area contributed by atoms with Crippen molar-refractivity contribution in [2.45, 2.75) is 41.9 Å². The number of allylic oxidation sites excluding steroid dienone is 4. The number of carbonyl (C=O) groups excluding carboxylic acids is 2. The van der Waals surface area contributed by atoms with Crippen LogP contribution in [0.25, 0.3) is 0 Å². The summed E-state index contributed by atoms with van der Waals surface area (Å²) in [5.41, 5.74) is 2.00. The highest BCUT2D eigenvalue weighted by molar-refractivity contribution is 6.35. The van der Waals surface area contributed by atoms with Gasteiger partial charge in [-0.25, -0.2) is 0 Å². The van der Waals surface area contributed by atoms with E-state index >= 15 is 0 Å². The van der Waals surface area contributed by atoms with Gasteiger partial charge in [0.1, 0.15) is 4.87 Å². The Morgan fingerprint density at radius 3 is 2.10 bits per heavy atom. The van der Waals surface area contributed by atoms with E-state index in [1.165, 1.54) is 0 Å². The third kappa shape index (κ3) is 1.38. The fraction of sp³-hybridized carbons (Fsp3) is 0.600. The van der Waals surface area contributed by atoms with Crippen molar-refractivity contribution in [1.82, 2.24) is 0 Å². The molecule has 0 aromatic heterocycles. The van der Waals surface area contributed by atoms with Gasteiger partial charge in [-0.1, -0.05) is 18.6 Å². The maximum absolute atomic E-state index is 12.1. The predicted octanol–water partition coefficient (Wildman–Crippen LogP) is 3.10. The zero-order valence-corrected chi connectivity index (χ0v) is 12.3. The molecule has 1 heterocycles. The molecule has 1 saturated carbocycles.